The minimum atomic E-state index is -0.362. The van der Waals surface area contributed by atoms with E-state index in [4.69, 9.17) is 4.74 Å². The Morgan fingerprint density at radius 1 is 1.32 bits per heavy atom. The van der Waals surface area contributed by atoms with Gasteiger partial charge in [0.15, 0.2) is 0 Å². The van der Waals surface area contributed by atoms with Crippen LogP contribution in [-0.4, -0.2) is 24.7 Å². The molecule has 0 spiro atoms. The van der Waals surface area contributed by atoms with Crippen molar-refractivity contribution in [3.05, 3.63) is 33.9 Å². The summed E-state index contributed by atoms with van der Waals surface area (Å²) in [6.07, 6.45) is 3.05. The fourth-order valence-corrected chi connectivity index (χ4v) is 1.70. The number of rotatable bonds is 9. The van der Waals surface area contributed by atoms with Crippen LogP contribution >= 0.6 is 0 Å². The first kappa shape index (κ1) is 15.4. The van der Waals surface area contributed by atoms with Crippen LogP contribution < -0.4 is 5.32 Å². The molecule has 5 nitrogen and oxygen atoms in total. The molecule has 0 aromatic heterocycles. The maximum atomic E-state index is 10.9. The molecule has 0 heterocycles. The lowest BCUT2D eigenvalue weighted by atomic mass is 10.2. The first-order valence-corrected chi connectivity index (χ1v) is 6.71. The third-order valence-electron chi connectivity index (χ3n) is 2.77. The highest BCUT2D eigenvalue weighted by molar-refractivity contribution is 5.62. The third-order valence-corrected chi connectivity index (χ3v) is 2.77. The van der Waals surface area contributed by atoms with Crippen molar-refractivity contribution in [3.8, 4) is 0 Å². The van der Waals surface area contributed by atoms with Crippen molar-refractivity contribution in [2.75, 3.05) is 25.1 Å². The molecule has 19 heavy (non-hydrogen) atoms. The van der Waals surface area contributed by atoms with E-state index in [1.165, 1.54) is 6.07 Å². The zero-order chi connectivity index (χ0) is 14.1. The van der Waals surface area contributed by atoms with Crippen molar-refractivity contribution >= 4 is 11.4 Å². The number of benzene rings is 1. The third kappa shape index (κ3) is 5.70. The first-order valence-electron chi connectivity index (χ1n) is 6.71. The van der Waals surface area contributed by atoms with E-state index in [2.05, 4.69) is 12.2 Å². The number of ether oxygens (including phenoxy) is 1. The van der Waals surface area contributed by atoms with E-state index in [9.17, 15) is 10.1 Å². The molecule has 0 bridgehead atoms. The molecule has 0 aliphatic heterocycles. The number of nitrogens with zero attached hydrogens (tertiary/aromatic N) is 1. The standard InChI is InChI=1S/C14H22N2O3/c1-3-4-9-19-10-5-8-15-13-11-12(2)6-7-14(13)16(17)18/h6-7,11,15H,3-5,8-10H2,1-2H3. The summed E-state index contributed by atoms with van der Waals surface area (Å²) in [5.41, 5.74) is 1.71. The molecule has 5 heteroatoms. The van der Waals surface area contributed by atoms with Crippen LogP contribution in [0.15, 0.2) is 18.2 Å². The highest BCUT2D eigenvalue weighted by Crippen LogP contribution is 2.24. The summed E-state index contributed by atoms with van der Waals surface area (Å²) in [4.78, 5) is 10.5. The smallest absolute Gasteiger partial charge is 0.292 e. The maximum absolute atomic E-state index is 10.9. The summed E-state index contributed by atoms with van der Waals surface area (Å²) in [6, 6.07) is 5.09. The molecule has 0 saturated heterocycles. The van der Waals surface area contributed by atoms with Crippen molar-refractivity contribution in [2.45, 2.75) is 33.1 Å². The SMILES string of the molecule is CCCCOCCCNc1cc(C)ccc1[N+](=O)[O-]. The Bertz CT molecular complexity index is 408. The Labute approximate surface area is 114 Å². The zero-order valence-electron chi connectivity index (χ0n) is 11.6. The van der Waals surface area contributed by atoms with E-state index >= 15 is 0 Å². The molecule has 1 N–H and O–H groups in total. The molecule has 0 saturated carbocycles. The summed E-state index contributed by atoms with van der Waals surface area (Å²) < 4.78 is 5.44. The summed E-state index contributed by atoms with van der Waals surface area (Å²) in [5, 5.41) is 14.0. The van der Waals surface area contributed by atoms with E-state index in [-0.39, 0.29) is 10.6 Å². The second-order valence-corrected chi connectivity index (χ2v) is 4.52. The van der Waals surface area contributed by atoms with E-state index in [0.29, 0.717) is 18.8 Å². The number of aryl methyl sites for hydroxylation is 1. The second-order valence-electron chi connectivity index (χ2n) is 4.52. The monoisotopic (exact) mass is 266 g/mol. The van der Waals surface area contributed by atoms with Gasteiger partial charge < -0.3 is 10.1 Å². The molecule has 1 aromatic rings. The van der Waals surface area contributed by atoms with Crippen molar-refractivity contribution in [1.29, 1.82) is 0 Å². The van der Waals surface area contributed by atoms with Gasteiger partial charge in [0.05, 0.1) is 4.92 Å². The van der Waals surface area contributed by atoms with Gasteiger partial charge in [-0.05, 0) is 31.4 Å². The Balaban J connectivity index is 2.36. The molecule has 0 amide bonds. The van der Waals surface area contributed by atoms with Crippen LogP contribution in [0.1, 0.15) is 31.7 Å². The van der Waals surface area contributed by atoms with Gasteiger partial charge >= 0.3 is 0 Å². The van der Waals surface area contributed by atoms with Crippen LogP contribution in [-0.2, 0) is 4.74 Å². The van der Waals surface area contributed by atoms with Crippen molar-refractivity contribution in [1.82, 2.24) is 0 Å². The van der Waals surface area contributed by atoms with Gasteiger partial charge in [0.2, 0.25) is 0 Å². The number of hydrogen-bond acceptors (Lipinski definition) is 4. The molecule has 1 rings (SSSR count). The lowest BCUT2D eigenvalue weighted by Gasteiger charge is -2.08. The number of anilines is 1. The van der Waals surface area contributed by atoms with E-state index in [1.807, 2.05) is 6.92 Å². The lowest BCUT2D eigenvalue weighted by molar-refractivity contribution is -0.384. The molecule has 0 aliphatic carbocycles. The van der Waals surface area contributed by atoms with Crippen LogP contribution in [0.5, 0.6) is 0 Å². The van der Waals surface area contributed by atoms with Crippen molar-refractivity contribution in [2.24, 2.45) is 0 Å². The van der Waals surface area contributed by atoms with Crippen LogP contribution in [0, 0.1) is 17.0 Å². The van der Waals surface area contributed by atoms with Gasteiger partial charge in [0.1, 0.15) is 5.69 Å². The summed E-state index contributed by atoms with van der Waals surface area (Å²) >= 11 is 0. The molecule has 0 aliphatic rings. The Hall–Kier alpha value is -1.62. The van der Waals surface area contributed by atoms with E-state index in [1.54, 1.807) is 12.1 Å². The normalized spacial score (nSPS) is 10.4. The van der Waals surface area contributed by atoms with Gasteiger partial charge in [0.25, 0.3) is 5.69 Å². The maximum Gasteiger partial charge on any atom is 0.292 e. The lowest BCUT2D eigenvalue weighted by Crippen LogP contribution is -2.08. The van der Waals surface area contributed by atoms with Crippen LogP contribution in [0.4, 0.5) is 11.4 Å². The Kier molecular flexibility index (Phi) is 6.89. The molecular weight excluding hydrogens is 244 g/mol. The minimum absolute atomic E-state index is 0.123. The molecule has 0 atom stereocenters. The zero-order valence-corrected chi connectivity index (χ0v) is 11.6. The largest absolute Gasteiger partial charge is 0.381 e. The predicted molar refractivity (Wildman–Crippen MR) is 76.7 cm³/mol. The summed E-state index contributed by atoms with van der Waals surface area (Å²) in [5.74, 6) is 0. The van der Waals surface area contributed by atoms with Gasteiger partial charge in [-0.15, -0.1) is 0 Å². The fourth-order valence-electron chi connectivity index (χ4n) is 1.70. The molecule has 0 radical (unpaired) electrons. The topological polar surface area (TPSA) is 64.4 Å². The van der Waals surface area contributed by atoms with Gasteiger partial charge in [-0.1, -0.05) is 19.4 Å². The van der Waals surface area contributed by atoms with Gasteiger partial charge in [-0.25, -0.2) is 0 Å². The number of nitro benzene ring substituents is 1. The molecule has 0 unspecified atom stereocenters. The van der Waals surface area contributed by atoms with Gasteiger partial charge in [-0.2, -0.15) is 0 Å². The average molecular weight is 266 g/mol. The minimum Gasteiger partial charge on any atom is -0.381 e. The van der Waals surface area contributed by atoms with E-state index < -0.39 is 0 Å². The molecule has 106 valence electrons. The predicted octanol–water partition coefficient (Wildman–Crippen LogP) is 3.52. The van der Waals surface area contributed by atoms with Crippen molar-refractivity contribution < 1.29 is 9.66 Å². The first-order chi connectivity index (χ1) is 9.15. The Morgan fingerprint density at radius 2 is 2.05 bits per heavy atom. The quantitative estimate of drug-likeness (QED) is 0.422. The average Bonchev–Trinajstić information content (AvgIpc) is 2.37. The molecule has 1 aromatic carbocycles. The van der Waals surface area contributed by atoms with E-state index in [0.717, 1.165) is 31.4 Å². The number of hydrogen-bond donors (Lipinski definition) is 1. The summed E-state index contributed by atoms with van der Waals surface area (Å²) in [7, 11) is 0. The number of unbranched alkanes of at least 4 members (excludes halogenated alkanes) is 1. The molecular formula is C14H22N2O3. The number of nitro groups is 1. The van der Waals surface area contributed by atoms with Crippen LogP contribution in [0.3, 0.4) is 0 Å². The second kappa shape index (κ2) is 8.48. The van der Waals surface area contributed by atoms with Crippen molar-refractivity contribution in [3.63, 3.8) is 0 Å². The molecule has 0 fully saturated rings. The van der Waals surface area contributed by atoms with Crippen LogP contribution in [0.2, 0.25) is 0 Å². The van der Waals surface area contributed by atoms with Crippen LogP contribution in [0.25, 0.3) is 0 Å². The fraction of sp³-hybridized carbons (Fsp3) is 0.571. The highest BCUT2D eigenvalue weighted by Gasteiger charge is 2.12. The van der Waals surface area contributed by atoms with Gasteiger partial charge in [0, 0.05) is 25.8 Å². The highest BCUT2D eigenvalue weighted by atomic mass is 16.6. The number of nitrogens with one attached hydrogen (secondary N) is 1. The summed E-state index contributed by atoms with van der Waals surface area (Å²) in [6.45, 7) is 6.20. The van der Waals surface area contributed by atoms with Gasteiger partial charge in [-0.3, -0.25) is 10.1 Å². The Morgan fingerprint density at radius 3 is 2.74 bits per heavy atom.